The van der Waals surface area contributed by atoms with Gasteiger partial charge < -0.3 is 5.32 Å². The van der Waals surface area contributed by atoms with Gasteiger partial charge in [0.25, 0.3) is 5.56 Å². The maximum absolute atomic E-state index is 13.6. The number of benzene rings is 2. The van der Waals surface area contributed by atoms with Crippen molar-refractivity contribution in [3.05, 3.63) is 64.5 Å². The fourth-order valence-corrected chi connectivity index (χ4v) is 3.31. The number of aromatic nitrogens is 2. The molecule has 0 aliphatic rings. The third-order valence-corrected chi connectivity index (χ3v) is 4.65. The first kappa shape index (κ1) is 18.1. The molecule has 0 aliphatic carbocycles. The zero-order chi connectivity index (χ0) is 18.7. The number of hydrogen-bond acceptors (Lipinski definition) is 4. The van der Waals surface area contributed by atoms with Gasteiger partial charge in [-0.1, -0.05) is 23.9 Å². The molecule has 0 aliphatic heterocycles. The monoisotopic (exact) mass is 375 g/mol. The summed E-state index contributed by atoms with van der Waals surface area (Å²) in [7, 11) is 0. The van der Waals surface area contributed by atoms with Crippen LogP contribution in [0.15, 0.2) is 52.4 Å². The van der Waals surface area contributed by atoms with Crippen LogP contribution < -0.4 is 10.9 Å². The van der Waals surface area contributed by atoms with Crippen LogP contribution in [0.2, 0.25) is 0 Å². The van der Waals surface area contributed by atoms with Crippen molar-refractivity contribution in [1.82, 2.24) is 9.55 Å². The Bertz CT molecular complexity index is 1040. The number of para-hydroxylation sites is 1. The lowest BCUT2D eigenvalue weighted by atomic mass is 10.2. The van der Waals surface area contributed by atoms with Crippen LogP contribution in [0.1, 0.15) is 6.92 Å². The summed E-state index contributed by atoms with van der Waals surface area (Å²) in [6.07, 6.45) is 0. The van der Waals surface area contributed by atoms with Crippen LogP contribution in [-0.4, -0.2) is 21.2 Å². The maximum Gasteiger partial charge on any atom is 0.262 e. The predicted molar refractivity (Wildman–Crippen MR) is 97.4 cm³/mol. The average Bonchev–Trinajstić information content (AvgIpc) is 2.63. The molecular weight excluding hydrogens is 360 g/mol. The smallest absolute Gasteiger partial charge is 0.262 e. The van der Waals surface area contributed by atoms with Gasteiger partial charge in [0.15, 0.2) is 5.16 Å². The van der Waals surface area contributed by atoms with E-state index in [1.54, 1.807) is 24.3 Å². The molecule has 1 heterocycles. The maximum atomic E-state index is 13.6. The highest BCUT2D eigenvalue weighted by Gasteiger charge is 2.13. The molecule has 26 heavy (non-hydrogen) atoms. The minimum absolute atomic E-state index is 0.0965. The van der Waals surface area contributed by atoms with Crippen molar-refractivity contribution in [2.24, 2.45) is 0 Å². The topological polar surface area (TPSA) is 64.0 Å². The molecule has 0 atom stereocenters. The van der Waals surface area contributed by atoms with E-state index in [9.17, 15) is 18.4 Å². The molecular formula is C18H15F2N3O2S. The summed E-state index contributed by atoms with van der Waals surface area (Å²) < 4.78 is 28.2. The minimum atomic E-state index is -0.723. The summed E-state index contributed by atoms with van der Waals surface area (Å²) in [6, 6.07) is 9.79. The third-order valence-electron chi connectivity index (χ3n) is 3.68. The lowest BCUT2D eigenvalue weighted by Crippen LogP contribution is -2.23. The Hall–Kier alpha value is -2.74. The second kappa shape index (κ2) is 7.65. The Balaban J connectivity index is 1.80. The number of nitrogens with one attached hydrogen (secondary N) is 1. The van der Waals surface area contributed by atoms with E-state index in [-0.39, 0.29) is 17.0 Å². The summed E-state index contributed by atoms with van der Waals surface area (Å²) in [5, 5.41) is 3.22. The van der Waals surface area contributed by atoms with Gasteiger partial charge in [-0.3, -0.25) is 14.2 Å². The molecule has 1 N–H and O–H groups in total. The third kappa shape index (κ3) is 3.75. The molecule has 0 spiro atoms. The quantitative estimate of drug-likeness (QED) is 0.548. The summed E-state index contributed by atoms with van der Waals surface area (Å²) in [6.45, 7) is 2.21. The van der Waals surface area contributed by atoms with Gasteiger partial charge in [-0.15, -0.1) is 0 Å². The summed E-state index contributed by atoms with van der Waals surface area (Å²) >= 11 is 1.06. The first-order valence-electron chi connectivity index (χ1n) is 7.87. The Morgan fingerprint density at radius 3 is 2.77 bits per heavy atom. The fourth-order valence-electron chi connectivity index (χ4n) is 2.45. The lowest BCUT2D eigenvalue weighted by molar-refractivity contribution is -0.113. The molecule has 0 saturated carbocycles. The van der Waals surface area contributed by atoms with E-state index < -0.39 is 17.5 Å². The fraction of sp³-hybridized carbons (Fsp3) is 0.167. The molecule has 1 amide bonds. The molecule has 134 valence electrons. The van der Waals surface area contributed by atoms with Crippen LogP contribution in [0.3, 0.4) is 0 Å². The molecule has 0 fully saturated rings. The zero-order valence-corrected chi connectivity index (χ0v) is 14.6. The van der Waals surface area contributed by atoms with E-state index >= 15 is 0 Å². The van der Waals surface area contributed by atoms with Crippen molar-refractivity contribution >= 4 is 34.3 Å². The Morgan fingerprint density at radius 2 is 2.00 bits per heavy atom. The normalized spacial score (nSPS) is 10.9. The van der Waals surface area contributed by atoms with Gasteiger partial charge in [0.2, 0.25) is 5.91 Å². The molecule has 0 bridgehead atoms. The van der Waals surface area contributed by atoms with E-state index in [4.69, 9.17) is 0 Å². The van der Waals surface area contributed by atoms with E-state index in [0.717, 1.165) is 30.0 Å². The van der Waals surface area contributed by atoms with Gasteiger partial charge in [0.1, 0.15) is 11.6 Å². The molecule has 0 unspecified atom stereocenters. The van der Waals surface area contributed by atoms with E-state index in [0.29, 0.717) is 22.6 Å². The molecule has 8 heteroatoms. The number of carbonyl (C=O) groups is 1. The Kier molecular flexibility index (Phi) is 5.32. The number of fused-ring (bicyclic) bond motifs is 1. The molecule has 3 aromatic rings. The average molecular weight is 375 g/mol. The molecule has 5 nitrogen and oxygen atoms in total. The Labute approximate surface area is 152 Å². The second-order valence-corrected chi connectivity index (χ2v) is 6.36. The van der Waals surface area contributed by atoms with Crippen LogP contribution >= 0.6 is 11.8 Å². The van der Waals surface area contributed by atoms with E-state index in [2.05, 4.69) is 10.3 Å². The number of nitrogens with zero attached hydrogens (tertiary/aromatic N) is 2. The van der Waals surface area contributed by atoms with Crippen LogP contribution in [0.4, 0.5) is 14.5 Å². The standard InChI is InChI=1S/C18H15F2N3O2S/c1-2-23-17(25)12-5-3-4-6-14(12)22-18(23)26-10-16(24)21-15-9-11(19)7-8-13(15)20/h3-9H,2,10H2,1H3,(H,21,24). The first-order chi connectivity index (χ1) is 12.5. The van der Waals surface area contributed by atoms with Gasteiger partial charge in [-0.05, 0) is 31.2 Å². The van der Waals surface area contributed by atoms with Crippen molar-refractivity contribution < 1.29 is 13.6 Å². The number of rotatable bonds is 5. The highest BCUT2D eigenvalue weighted by atomic mass is 32.2. The number of amides is 1. The van der Waals surface area contributed by atoms with Crippen molar-refractivity contribution in [1.29, 1.82) is 0 Å². The number of carbonyl (C=O) groups excluding carboxylic acids is 1. The van der Waals surface area contributed by atoms with Crippen LogP contribution in [-0.2, 0) is 11.3 Å². The Morgan fingerprint density at radius 1 is 1.23 bits per heavy atom. The molecule has 2 aromatic carbocycles. The van der Waals surface area contributed by atoms with Crippen molar-refractivity contribution in [3.63, 3.8) is 0 Å². The summed E-state index contributed by atoms with van der Waals surface area (Å²) in [5.74, 6) is -1.99. The van der Waals surface area contributed by atoms with Crippen LogP contribution in [0.25, 0.3) is 10.9 Å². The number of thioether (sulfide) groups is 1. The van der Waals surface area contributed by atoms with E-state index in [1.807, 2.05) is 6.92 Å². The van der Waals surface area contributed by atoms with Gasteiger partial charge in [-0.25, -0.2) is 13.8 Å². The highest BCUT2D eigenvalue weighted by molar-refractivity contribution is 7.99. The van der Waals surface area contributed by atoms with Crippen LogP contribution in [0.5, 0.6) is 0 Å². The van der Waals surface area contributed by atoms with E-state index in [1.165, 1.54) is 4.57 Å². The summed E-state index contributed by atoms with van der Waals surface area (Å²) in [4.78, 5) is 29.0. The highest BCUT2D eigenvalue weighted by Crippen LogP contribution is 2.19. The SMILES string of the molecule is CCn1c(SCC(=O)Nc2cc(F)ccc2F)nc2ccccc2c1=O. The number of hydrogen-bond donors (Lipinski definition) is 1. The van der Waals surface area contributed by atoms with Crippen LogP contribution in [0, 0.1) is 11.6 Å². The molecule has 0 radical (unpaired) electrons. The molecule has 1 aromatic heterocycles. The van der Waals surface area contributed by atoms with Crippen molar-refractivity contribution in [3.8, 4) is 0 Å². The number of anilines is 1. The second-order valence-electron chi connectivity index (χ2n) is 5.42. The molecule has 0 saturated heterocycles. The number of halogens is 2. The molecule has 3 rings (SSSR count). The summed E-state index contributed by atoms with van der Waals surface area (Å²) in [5.41, 5.74) is 0.133. The van der Waals surface area contributed by atoms with Gasteiger partial charge in [0.05, 0.1) is 22.3 Å². The van der Waals surface area contributed by atoms with Gasteiger partial charge in [-0.2, -0.15) is 0 Å². The zero-order valence-electron chi connectivity index (χ0n) is 13.8. The van der Waals surface area contributed by atoms with Gasteiger partial charge in [0, 0.05) is 12.6 Å². The minimum Gasteiger partial charge on any atom is -0.323 e. The van der Waals surface area contributed by atoms with Gasteiger partial charge >= 0.3 is 0 Å². The predicted octanol–water partition coefficient (Wildman–Crippen LogP) is 3.43. The first-order valence-corrected chi connectivity index (χ1v) is 8.85. The van der Waals surface area contributed by atoms with Crippen molar-refractivity contribution in [2.75, 3.05) is 11.1 Å². The largest absolute Gasteiger partial charge is 0.323 e. The van der Waals surface area contributed by atoms with Crippen molar-refractivity contribution in [2.45, 2.75) is 18.6 Å². The lowest BCUT2D eigenvalue weighted by Gasteiger charge is -2.11.